The molecule has 3 heteroatoms. The van der Waals surface area contributed by atoms with E-state index in [1.807, 2.05) is 12.1 Å². The quantitative estimate of drug-likeness (QED) is 0.853. The van der Waals surface area contributed by atoms with Gasteiger partial charge in [0.25, 0.3) is 0 Å². The van der Waals surface area contributed by atoms with Crippen LogP contribution in [0.4, 0.5) is 0 Å². The second kappa shape index (κ2) is 5.41. The summed E-state index contributed by atoms with van der Waals surface area (Å²) in [4.78, 5) is 0. The number of nitrogens with two attached hydrogens (primary N) is 1. The van der Waals surface area contributed by atoms with Gasteiger partial charge in [0.05, 0.1) is 0 Å². The summed E-state index contributed by atoms with van der Waals surface area (Å²) in [5.74, 6) is 2.40. The number of fused-ring (bicyclic) bond motifs is 1. The van der Waals surface area contributed by atoms with E-state index in [0.29, 0.717) is 6.79 Å². The zero-order valence-electron chi connectivity index (χ0n) is 10.6. The highest BCUT2D eigenvalue weighted by molar-refractivity contribution is 5.44. The van der Waals surface area contributed by atoms with Gasteiger partial charge < -0.3 is 15.2 Å². The van der Waals surface area contributed by atoms with Crippen LogP contribution >= 0.6 is 0 Å². The fourth-order valence-electron chi connectivity index (χ4n) is 2.02. The first-order valence-electron chi connectivity index (χ1n) is 6.29. The maximum Gasteiger partial charge on any atom is 0.231 e. The molecular weight excluding hydrogens is 214 g/mol. The van der Waals surface area contributed by atoms with Gasteiger partial charge in [-0.25, -0.2) is 0 Å². The summed E-state index contributed by atoms with van der Waals surface area (Å²) in [6.07, 6.45) is 3.17. The molecule has 0 radical (unpaired) electrons. The summed E-state index contributed by atoms with van der Waals surface area (Å²) in [6.45, 7) is 4.79. The van der Waals surface area contributed by atoms with Crippen molar-refractivity contribution in [1.82, 2.24) is 0 Å². The lowest BCUT2D eigenvalue weighted by Crippen LogP contribution is -2.23. The van der Waals surface area contributed by atoms with Gasteiger partial charge in [0.1, 0.15) is 0 Å². The fourth-order valence-corrected chi connectivity index (χ4v) is 2.02. The molecule has 2 N–H and O–H groups in total. The van der Waals surface area contributed by atoms with E-state index in [1.165, 1.54) is 12.0 Å². The second-order valence-electron chi connectivity index (χ2n) is 5.12. The number of ether oxygens (including phenoxy) is 2. The van der Waals surface area contributed by atoms with Gasteiger partial charge in [-0.1, -0.05) is 19.9 Å². The van der Waals surface area contributed by atoms with E-state index in [4.69, 9.17) is 15.2 Å². The molecule has 0 saturated carbocycles. The summed E-state index contributed by atoms with van der Waals surface area (Å²) >= 11 is 0. The Morgan fingerprint density at radius 3 is 2.71 bits per heavy atom. The number of hydrogen-bond donors (Lipinski definition) is 1. The van der Waals surface area contributed by atoms with Crippen molar-refractivity contribution < 1.29 is 9.47 Å². The molecule has 3 nitrogen and oxygen atoms in total. The molecule has 1 aromatic rings. The predicted molar refractivity (Wildman–Crippen MR) is 68.3 cm³/mol. The van der Waals surface area contributed by atoms with Gasteiger partial charge in [0, 0.05) is 6.04 Å². The van der Waals surface area contributed by atoms with Crippen LogP contribution in [-0.2, 0) is 6.42 Å². The first-order chi connectivity index (χ1) is 8.15. The van der Waals surface area contributed by atoms with E-state index < -0.39 is 0 Å². The summed E-state index contributed by atoms with van der Waals surface area (Å²) in [5.41, 5.74) is 7.35. The molecule has 17 heavy (non-hydrogen) atoms. The molecule has 0 fully saturated rings. The van der Waals surface area contributed by atoms with Gasteiger partial charge in [-0.15, -0.1) is 0 Å². The van der Waals surface area contributed by atoms with Crippen molar-refractivity contribution in [3.05, 3.63) is 23.8 Å². The smallest absolute Gasteiger partial charge is 0.231 e. The molecule has 0 bridgehead atoms. The van der Waals surface area contributed by atoms with Gasteiger partial charge in [-0.2, -0.15) is 0 Å². The minimum Gasteiger partial charge on any atom is -0.454 e. The lowest BCUT2D eigenvalue weighted by Gasteiger charge is -2.13. The van der Waals surface area contributed by atoms with Crippen LogP contribution in [0.3, 0.4) is 0 Å². The monoisotopic (exact) mass is 235 g/mol. The van der Waals surface area contributed by atoms with Gasteiger partial charge in [-0.3, -0.25) is 0 Å². The van der Waals surface area contributed by atoms with E-state index >= 15 is 0 Å². The van der Waals surface area contributed by atoms with Crippen LogP contribution in [0.25, 0.3) is 0 Å². The standard InChI is InChI=1S/C14H21NO2/c1-10(2)3-5-12(15)7-11-4-6-13-14(8-11)17-9-16-13/h4,6,8,10,12H,3,5,7,9,15H2,1-2H3. The molecule has 0 aliphatic carbocycles. The second-order valence-corrected chi connectivity index (χ2v) is 5.12. The molecule has 1 unspecified atom stereocenters. The maximum atomic E-state index is 6.13. The Morgan fingerprint density at radius 1 is 1.18 bits per heavy atom. The van der Waals surface area contributed by atoms with E-state index in [2.05, 4.69) is 19.9 Å². The Bertz CT molecular complexity index is 376. The lowest BCUT2D eigenvalue weighted by atomic mass is 9.98. The van der Waals surface area contributed by atoms with Gasteiger partial charge >= 0.3 is 0 Å². The summed E-state index contributed by atoms with van der Waals surface area (Å²) in [6, 6.07) is 6.31. The first kappa shape index (κ1) is 12.2. The highest BCUT2D eigenvalue weighted by Gasteiger charge is 2.14. The van der Waals surface area contributed by atoms with Crippen molar-refractivity contribution in [3.63, 3.8) is 0 Å². The van der Waals surface area contributed by atoms with Gasteiger partial charge in [0.15, 0.2) is 11.5 Å². The first-order valence-corrected chi connectivity index (χ1v) is 6.29. The normalized spacial score (nSPS) is 15.3. The van der Waals surface area contributed by atoms with Crippen LogP contribution in [0, 0.1) is 5.92 Å². The highest BCUT2D eigenvalue weighted by atomic mass is 16.7. The largest absolute Gasteiger partial charge is 0.454 e. The minimum atomic E-state index is 0.234. The van der Waals surface area contributed by atoms with Crippen LogP contribution in [0.1, 0.15) is 32.3 Å². The molecule has 0 amide bonds. The van der Waals surface area contributed by atoms with E-state index in [1.54, 1.807) is 0 Å². The van der Waals surface area contributed by atoms with Crippen molar-refractivity contribution in [1.29, 1.82) is 0 Å². The maximum absolute atomic E-state index is 6.13. The predicted octanol–water partition coefficient (Wildman–Crippen LogP) is 2.72. The van der Waals surface area contributed by atoms with Crippen LogP contribution in [0.5, 0.6) is 11.5 Å². The summed E-state index contributed by atoms with van der Waals surface area (Å²) in [7, 11) is 0. The van der Waals surface area contributed by atoms with Crippen molar-refractivity contribution in [2.24, 2.45) is 11.7 Å². The molecular formula is C14H21NO2. The molecule has 2 rings (SSSR count). The molecule has 1 aliphatic rings. The fraction of sp³-hybridized carbons (Fsp3) is 0.571. The van der Waals surface area contributed by atoms with E-state index in [0.717, 1.165) is 30.3 Å². The molecule has 0 saturated heterocycles. The van der Waals surface area contributed by atoms with Gasteiger partial charge in [0.2, 0.25) is 6.79 Å². The molecule has 1 atom stereocenters. The SMILES string of the molecule is CC(C)CCC(N)Cc1ccc2c(c1)OCO2. The third-order valence-corrected chi connectivity index (χ3v) is 3.05. The van der Waals surface area contributed by atoms with E-state index in [9.17, 15) is 0 Å². The van der Waals surface area contributed by atoms with E-state index in [-0.39, 0.29) is 6.04 Å². The summed E-state index contributed by atoms with van der Waals surface area (Å²) in [5, 5.41) is 0. The minimum absolute atomic E-state index is 0.234. The van der Waals surface area contributed by atoms with Crippen molar-refractivity contribution in [3.8, 4) is 11.5 Å². The number of benzene rings is 1. The molecule has 0 aromatic heterocycles. The summed E-state index contributed by atoms with van der Waals surface area (Å²) < 4.78 is 10.6. The van der Waals surface area contributed by atoms with Crippen molar-refractivity contribution in [2.45, 2.75) is 39.2 Å². The number of rotatable bonds is 5. The molecule has 1 aromatic carbocycles. The molecule has 1 aliphatic heterocycles. The van der Waals surface area contributed by atoms with Crippen LogP contribution in [0.2, 0.25) is 0 Å². The Hall–Kier alpha value is -1.22. The van der Waals surface area contributed by atoms with Crippen LogP contribution in [-0.4, -0.2) is 12.8 Å². The highest BCUT2D eigenvalue weighted by Crippen LogP contribution is 2.32. The lowest BCUT2D eigenvalue weighted by molar-refractivity contribution is 0.174. The topological polar surface area (TPSA) is 44.5 Å². The molecule has 94 valence electrons. The molecule has 0 spiro atoms. The molecule has 1 heterocycles. The van der Waals surface area contributed by atoms with Crippen molar-refractivity contribution >= 4 is 0 Å². The Balaban J connectivity index is 1.90. The third-order valence-electron chi connectivity index (χ3n) is 3.05. The third kappa shape index (κ3) is 3.37. The zero-order chi connectivity index (χ0) is 12.3. The average molecular weight is 235 g/mol. The average Bonchev–Trinajstić information content (AvgIpc) is 2.73. The van der Waals surface area contributed by atoms with Crippen LogP contribution < -0.4 is 15.2 Å². The zero-order valence-corrected chi connectivity index (χ0v) is 10.6. The van der Waals surface area contributed by atoms with Crippen LogP contribution in [0.15, 0.2) is 18.2 Å². The van der Waals surface area contributed by atoms with Crippen molar-refractivity contribution in [2.75, 3.05) is 6.79 Å². The number of hydrogen-bond acceptors (Lipinski definition) is 3. The Labute approximate surface area is 103 Å². The van der Waals surface area contributed by atoms with Gasteiger partial charge in [-0.05, 0) is 42.9 Å². The Morgan fingerprint density at radius 2 is 1.94 bits per heavy atom. The Kier molecular flexibility index (Phi) is 3.89.